The first-order chi connectivity index (χ1) is 13.5. The molecule has 0 saturated heterocycles. The van der Waals surface area contributed by atoms with Crippen LogP contribution in [-0.4, -0.2) is 21.2 Å². The first kappa shape index (κ1) is 18.4. The molecule has 1 saturated carbocycles. The fourth-order valence-corrected chi connectivity index (χ4v) is 4.14. The third-order valence-electron chi connectivity index (χ3n) is 4.99. The van der Waals surface area contributed by atoms with E-state index in [2.05, 4.69) is 15.6 Å². The number of carbonyl (C=O) groups is 2. The Morgan fingerprint density at radius 3 is 2.75 bits per heavy atom. The van der Waals surface area contributed by atoms with E-state index in [0.717, 1.165) is 31.2 Å². The number of thiazole rings is 1. The molecule has 7 nitrogen and oxygen atoms in total. The number of amides is 2. The molecule has 0 atom stereocenters. The van der Waals surface area contributed by atoms with Crippen molar-refractivity contribution in [2.24, 2.45) is 5.92 Å². The number of aryl methyl sites for hydroxylation is 1. The van der Waals surface area contributed by atoms with E-state index in [1.54, 1.807) is 23.7 Å². The molecular formula is C20H20N4O3S. The zero-order valence-corrected chi connectivity index (χ0v) is 16.2. The molecular weight excluding hydrogens is 376 g/mol. The molecule has 8 heteroatoms. The minimum absolute atomic E-state index is 0.0136. The van der Waals surface area contributed by atoms with Crippen molar-refractivity contribution < 1.29 is 9.59 Å². The number of carbonyl (C=O) groups excluding carboxylic acids is 2. The summed E-state index contributed by atoms with van der Waals surface area (Å²) in [5.74, 6) is -0.571. The third-order valence-corrected chi connectivity index (χ3v) is 5.77. The summed E-state index contributed by atoms with van der Waals surface area (Å²) in [6.45, 7) is 1.89. The van der Waals surface area contributed by atoms with Crippen LogP contribution in [0.25, 0.3) is 4.96 Å². The van der Waals surface area contributed by atoms with Crippen molar-refractivity contribution in [2.75, 3.05) is 10.6 Å². The van der Waals surface area contributed by atoms with Crippen molar-refractivity contribution in [3.63, 3.8) is 0 Å². The lowest BCUT2D eigenvalue weighted by molar-refractivity contribution is -0.119. The van der Waals surface area contributed by atoms with Gasteiger partial charge in [0.2, 0.25) is 5.91 Å². The molecule has 4 rings (SSSR count). The number of hydrogen-bond donors (Lipinski definition) is 2. The second-order valence-corrected chi connectivity index (χ2v) is 7.88. The molecule has 2 N–H and O–H groups in total. The Hall–Kier alpha value is -3.00. The molecule has 1 fully saturated rings. The van der Waals surface area contributed by atoms with Gasteiger partial charge in [-0.25, -0.2) is 4.98 Å². The second kappa shape index (κ2) is 7.55. The predicted octanol–water partition coefficient (Wildman–Crippen LogP) is 3.45. The van der Waals surface area contributed by atoms with E-state index in [9.17, 15) is 14.4 Å². The molecule has 144 valence electrons. The van der Waals surface area contributed by atoms with Crippen molar-refractivity contribution in [2.45, 2.75) is 32.6 Å². The summed E-state index contributed by atoms with van der Waals surface area (Å²) in [5.41, 5.74) is 1.45. The number of benzene rings is 1. The van der Waals surface area contributed by atoms with Gasteiger partial charge >= 0.3 is 0 Å². The highest BCUT2D eigenvalue weighted by Crippen LogP contribution is 2.29. The Morgan fingerprint density at radius 1 is 1.18 bits per heavy atom. The van der Waals surface area contributed by atoms with Crippen LogP contribution in [0.5, 0.6) is 0 Å². The fourth-order valence-electron chi connectivity index (χ4n) is 3.46. The summed E-state index contributed by atoms with van der Waals surface area (Å²) in [4.78, 5) is 42.4. The van der Waals surface area contributed by atoms with Gasteiger partial charge in [-0.3, -0.25) is 18.8 Å². The van der Waals surface area contributed by atoms with Crippen molar-refractivity contribution in [1.29, 1.82) is 0 Å². The van der Waals surface area contributed by atoms with E-state index in [4.69, 9.17) is 0 Å². The van der Waals surface area contributed by atoms with Crippen molar-refractivity contribution >= 4 is 39.5 Å². The standard InChI is InChI=1S/C20H20N4O3S/c1-12-6-7-15(22-17(25)13-4-2-3-5-13)16(10-12)23-18(26)14-11-21-20-24(19(14)27)8-9-28-20/h6-11,13H,2-5H2,1H3,(H,22,25)(H,23,26). The summed E-state index contributed by atoms with van der Waals surface area (Å²) in [6.07, 6.45) is 6.79. The van der Waals surface area contributed by atoms with Crippen molar-refractivity contribution in [1.82, 2.24) is 9.38 Å². The normalized spacial score (nSPS) is 14.3. The van der Waals surface area contributed by atoms with Gasteiger partial charge in [-0.15, -0.1) is 11.3 Å². The van der Waals surface area contributed by atoms with Gasteiger partial charge in [0.25, 0.3) is 11.5 Å². The largest absolute Gasteiger partial charge is 0.324 e. The number of nitrogens with zero attached hydrogens (tertiary/aromatic N) is 2. The molecule has 1 aliphatic carbocycles. The van der Waals surface area contributed by atoms with E-state index >= 15 is 0 Å². The summed E-state index contributed by atoms with van der Waals surface area (Å²) in [7, 11) is 0. The Labute approximate surface area is 165 Å². The maximum absolute atomic E-state index is 12.7. The average Bonchev–Trinajstić information content (AvgIpc) is 3.35. The van der Waals surface area contributed by atoms with Gasteiger partial charge in [-0.1, -0.05) is 18.9 Å². The van der Waals surface area contributed by atoms with Crippen LogP contribution in [0.15, 0.2) is 40.8 Å². The summed E-state index contributed by atoms with van der Waals surface area (Å²) < 4.78 is 1.35. The maximum Gasteiger partial charge on any atom is 0.271 e. The van der Waals surface area contributed by atoms with E-state index in [1.165, 1.54) is 21.9 Å². The Kier molecular flexibility index (Phi) is 4.95. The average molecular weight is 396 g/mol. The molecule has 28 heavy (non-hydrogen) atoms. The molecule has 0 radical (unpaired) electrons. The van der Waals surface area contributed by atoms with Gasteiger partial charge < -0.3 is 10.6 Å². The predicted molar refractivity (Wildman–Crippen MR) is 109 cm³/mol. The van der Waals surface area contributed by atoms with E-state index in [-0.39, 0.29) is 17.4 Å². The number of anilines is 2. The monoisotopic (exact) mass is 396 g/mol. The van der Waals surface area contributed by atoms with E-state index in [1.807, 2.05) is 13.0 Å². The molecule has 0 spiro atoms. The van der Waals surface area contributed by atoms with Gasteiger partial charge in [0.15, 0.2) is 4.96 Å². The highest BCUT2D eigenvalue weighted by Gasteiger charge is 2.24. The van der Waals surface area contributed by atoms with Crippen LogP contribution in [-0.2, 0) is 4.79 Å². The topological polar surface area (TPSA) is 92.6 Å². The lowest BCUT2D eigenvalue weighted by Gasteiger charge is -2.15. The number of nitrogens with one attached hydrogen (secondary N) is 2. The molecule has 3 aromatic rings. The SMILES string of the molecule is Cc1ccc(NC(=O)C2CCCC2)c(NC(=O)c2cnc3sccn3c2=O)c1. The molecule has 2 amide bonds. The number of aromatic nitrogens is 2. The second-order valence-electron chi connectivity index (χ2n) is 7.01. The fraction of sp³-hybridized carbons (Fsp3) is 0.300. The van der Waals surface area contributed by atoms with Crippen LogP contribution in [0.3, 0.4) is 0 Å². The van der Waals surface area contributed by atoms with Gasteiger partial charge in [0, 0.05) is 23.7 Å². The number of rotatable bonds is 4. The molecule has 0 aliphatic heterocycles. The van der Waals surface area contributed by atoms with Gasteiger partial charge in [0.05, 0.1) is 11.4 Å². The number of fused-ring (bicyclic) bond motifs is 1. The van der Waals surface area contributed by atoms with Gasteiger partial charge in [-0.2, -0.15) is 0 Å². The Bertz CT molecular complexity index is 1110. The van der Waals surface area contributed by atoms with Crippen LogP contribution in [0.1, 0.15) is 41.6 Å². The van der Waals surface area contributed by atoms with Crippen LogP contribution in [0, 0.1) is 12.8 Å². The molecule has 2 aromatic heterocycles. The van der Waals surface area contributed by atoms with Crippen LogP contribution >= 0.6 is 11.3 Å². The van der Waals surface area contributed by atoms with Crippen LogP contribution in [0.2, 0.25) is 0 Å². The zero-order valence-electron chi connectivity index (χ0n) is 15.4. The van der Waals surface area contributed by atoms with E-state index < -0.39 is 11.5 Å². The van der Waals surface area contributed by atoms with E-state index in [0.29, 0.717) is 16.3 Å². The smallest absolute Gasteiger partial charge is 0.271 e. The highest BCUT2D eigenvalue weighted by atomic mass is 32.1. The molecule has 0 unspecified atom stereocenters. The van der Waals surface area contributed by atoms with Gasteiger partial charge in [0.1, 0.15) is 5.56 Å². The summed E-state index contributed by atoms with van der Waals surface area (Å²) in [5, 5.41) is 7.42. The first-order valence-corrected chi connectivity index (χ1v) is 10.1. The van der Waals surface area contributed by atoms with Gasteiger partial charge in [-0.05, 0) is 37.5 Å². The minimum Gasteiger partial charge on any atom is -0.324 e. The van der Waals surface area contributed by atoms with Crippen LogP contribution in [0.4, 0.5) is 11.4 Å². The third kappa shape index (κ3) is 3.55. The Balaban J connectivity index is 1.60. The van der Waals surface area contributed by atoms with Crippen LogP contribution < -0.4 is 16.2 Å². The molecule has 0 bridgehead atoms. The lowest BCUT2D eigenvalue weighted by Crippen LogP contribution is -2.26. The number of hydrogen-bond acceptors (Lipinski definition) is 5. The maximum atomic E-state index is 12.7. The minimum atomic E-state index is -0.555. The summed E-state index contributed by atoms with van der Waals surface area (Å²) >= 11 is 1.32. The van der Waals surface area contributed by atoms with Crippen molar-refractivity contribution in [3.05, 3.63) is 57.5 Å². The zero-order chi connectivity index (χ0) is 19.7. The first-order valence-electron chi connectivity index (χ1n) is 9.20. The highest BCUT2D eigenvalue weighted by molar-refractivity contribution is 7.15. The molecule has 1 aliphatic rings. The molecule has 2 heterocycles. The van der Waals surface area contributed by atoms with Crippen molar-refractivity contribution in [3.8, 4) is 0 Å². The lowest BCUT2D eigenvalue weighted by atomic mass is 10.1. The quantitative estimate of drug-likeness (QED) is 0.706. The molecule has 1 aromatic carbocycles. The summed E-state index contributed by atoms with van der Waals surface area (Å²) in [6, 6.07) is 5.41. The Morgan fingerprint density at radius 2 is 1.96 bits per heavy atom.